The van der Waals surface area contributed by atoms with Crippen LogP contribution in [0, 0.1) is 5.92 Å². The highest BCUT2D eigenvalue weighted by Crippen LogP contribution is 2.28. The maximum atomic E-state index is 11.6. The molecule has 1 aliphatic carbocycles. The molecule has 2 aliphatic rings. The standard InChI is InChI=1S/C10H16BrNO2/c11-8-4-5-12(10(8)14)6-7-2-1-3-9(7)13/h7-9,13H,1-6H2. The number of likely N-dealkylation sites (tertiary alicyclic amines) is 1. The first kappa shape index (κ1) is 10.4. The Labute approximate surface area is 92.6 Å². The van der Waals surface area contributed by atoms with Crippen LogP contribution in [-0.4, -0.2) is 39.9 Å². The number of hydrogen-bond acceptors (Lipinski definition) is 2. The highest BCUT2D eigenvalue weighted by molar-refractivity contribution is 9.10. The van der Waals surface area contributed by atoms with Crippen LogP contribution in [0.1, 0.15) is 25.7 Å². The molecule has 1 N–H and O–H groups in total. The predicted molar refractivity (Wildman–Crippen MR) is 57.3 cm³/mol. The van der Waals surface area contributed by atoms with Crippen LogP contribution in [0.25, 0.3) is 0 Å². The van der Waals surface area contributed by atoms with Crippen LogP contribution in [0.15, 0.2) is 0 Å². The summed E-state index contributed by atoms with van der Waals surface area (Å²) in [5, 5.41) is 9.65. The molecule has 14 heavy (non-hydrogen) atoms. The minimum absolute atomic E-state index is 0.0149. The van der Waals surface area contributed by atoms with Gasteiger partial charge in [0.15, 0.2) is 0 Å². The summed E-state index contributed by atoms with van der Waals surface area (Å²) in [6.45, 7) is 1.60. The summed E-state index contributed by atoms with van der Waals surface area (Å²) in [4.78, 5) is 13.5. The van der Waals surface area contributed by atoms with Crippen molar-refractivity contribution in [2.75, 3.05) is 13.1 Å². The minimum Gasteiger partial charge on any atom is -0.393 e. The number of alkyl halides is 1. The average molecular weight is 262 g/mol. The van der Waals surface area contributed by atoms with Crippen molar-refractivity contribution in [3.63, 3.8) is 0 Å². The molecule has 1 saturated carbocycles. The quantitative estimate of drug-likeness (QED) is 0.758. The molecule has 0 aromatic rings. The number of amides is 1. The van der Waals surface area contributed by atoms with E-state index >= 15 is 0 Å². The topological polar surface area (TPSA) is 40.5 Å². The van der Waals surface area contributed by atoms with Crippen LogP contribution in [0.4, 0.5) is 0 Å². The fourth-order valence-corrected chi connectivity index (χ4v) is 2.89. The second kappa shape index (κ2) is 4.19. The normalized spacial score (nSPS) is 38.3. The maximum Gasteiger partial charge on any atom is 0.236 e. The number of aliphatic hydroxyl groups excluding tert-OH is 1. The lowest BCUT2D eigenvalue weighted by Gasteiger charge is -2.22. The molecule has 0 bridgehead atoms. The van der Waals surface area contributed by atoms with Crippen LogP contribution in [0.2, 0.25) is 0 Å². The molecule has 3 nitrogen and oxygen atoms in total. The Morgan fingerprint density at radius 3 is 2.71 bits per heavy atom. The van der Waals surface area contributed by atoms with Gasteiger partial charge in [-0.2, -0.15) is 0 Å². The van der Waals surface area contributed by atoms with Gasteiger partial charge in [0, 0.05) is 19.0 Å². The number of nitrogens with zero attached hydrogens (tertiary/aromatic N) is 1. The van der Waals surface area contributed by atoms with Crippen molar-refractivity contribution in [3.05, 3.63) is 0 Å². The Morgan fingerprint density at radius 2 is 2.21 bits per heavy atom. The molecule has 0 aromatic carbocycles. The Kier molecular flexibility index (Phi) is 3.12. The lowest BCUT2D eigenvalue weighted by Crippen LogP contribution is -2.35. The number of rotatable bonds is 2. The van der Waals surface area contributed by atoms with Crippen molar-refractivity contribution in [1.82, 2.24) is 4.90 Å². The number of carbonyl (C=O) groups excluding carboxylic acids is 1. The third kappa shape index (κ3) is 1.96. The molecule has 3 unspecified atom stereocenters. The smallest absolute Gasteiger partial charge is 0.236 e. The van der Waals surface area contributed by atoms with Crippen molar-refractivity contribution in [3.8, 4) is 0 Å². The molecule has 1 aliphatic heterocycles. The third-order valence-electron chi connectivity index (χ3n) is 3.31. The number of carbonyl (C=O) groups is 1. The van der Waals surface area contributed by atoms with Gasteiger partial charge in [0.1, 0.15) is 0 Å². The molecule has 1 saturated heterocycles. The van der Waals surface area contributed by atoms with Crippen molar-refractivity contribution in [2.45, 2.75) is 36.6 Å². The molecule has 0 spiro atoms. The van der Waals surface area contributed by atoms with Crippen LogP contribution in [0.5, 0.6) is 0 Å². The van der Waals surface area contributed by atoms with E-state index in [9.17, 15) is 9.90 Å². The van der Waals surface area contributed by atoms with E-state index in [2.05, 4.69) is 15.9 Å². The first-order chi connectivity index (χ1) is 6.68. The zero-order valence-electron chi connectivity index (χ0n) is 8.16. The van der Waals surface area contributed by atoms with E-state index in [4.69, 9.17) is 0 Å². The molecule has 4 heteroatoms. The molecule has 1 amide bonds. The van der Waals surface area contributed by atoms with Gasteiger partial charge in [0.05, 0.1) is 10.9 Å². The summed E-state index contributed by atoms with van der Waals surface area (Å²) in [7, 11) is 0. The van der Waals surface area contributed by atoms with E-state index in [0.29, 0.717) is 5.92 Å². The number of halogens is 1. The molecule has 2 fully saturated rings. The summed E-state index contributed by atoms with van der Waals surface area (Å²) in [6.07, 6.45) is 3.80. The summed E-state index contributed by atoms with van der Waals surface area (Å²) in [5.41, 5.74) is 0. The van der Waals surface area contributed by atoms with Crippen LogP contribution >= 0.6 is 15.9 Å². The fourth-order valence-electron chi connectivity index (χ4n) is 2.40. The Balaban J connectivity index is 1.88. The van der Waals surface area contributed by atoms with Gasteiger partial charge in [0.25, 0.3) is 0 Å². The second-order valence-corrected chi connectivity index (χ2v) is 5.40. The molecular formula is C10H16BrNO2. The Hall–Kier alpha value is -0.0900. The Morgan fingerprint density at radius 1 is 1.43 bits per heavy atom. The second-order valence-electron chi connectivity index (χ2n) is 4.30. The Bertz CT molecular complexity index is 234. The van der Waals surface area contributed by atoms with Crippen molar-refractivity contribution in [2.24, 2.45) is 5.92 Å². The molecule has 80 valence electrons. The zero-order chi connectivity index (χ0) is 10.1. The minimum atomic E-state index is -0.183. The van der Waals surface area contributed by atoms with Gasteiger partial charge in [-0.3, -0.25) is 4.79 Å². The molecule has 2 rings (SSSR count). The van der Waals surface area contributed by atoms with E-state index in [1.807, 2.05) is 4.90 Å². The first-order valence-corrected chi connectivity index (χ1v) is 6.21. The van der Waals surface area contributed by atoms with E-state index in [0.717, 1.165) is 38.8 Å². The number of aliphatic hydroxyl groups is 1. The highest BCUT2D eigenvalue weighted by Gasteiger charge is 2.34. The average Bonchev–Trinajstić information content (AvgIpc) is 2.68. The lowest BCUT2D eigenvalue weighted by molar-refractivity contribution is -0.128. The summed E-state index contributed by atoms with van der Waals surface area (Å²) in [6, 6.07) is 0. The molecule has 0 aromatic heterocycles. The molecular weight excluding hydrogens is 246 g/mol. The highest BCUT2D eigenvalue weighted by atomic mass is 79.9. The monoisotopic (exact) mass is 261 g/mol. The van der Waals surface area contributed by atoms with Gasteiger partial charge < -0.3 is 10.0 Å². The lowest BCUT2D eigenvalue weighted by atomic mass is 10.1. The van der Waals surface area contributed by atoms with Crippen LogP contribution < -0.4 is 0 Å². The van der Waals surface area contributed by atoms with Gasteiger partial charge in [-0.25, -0.2) is 0 Å². The summed E-state index contributed by atoms with van der Waals surface area (Å²) >= 11 is 3.35. The van der Waals surface area contributed by atoms with E-state index in [1.54, 1.807) is 0 Å². The van der Waals surface area contributed by atoms with E-state index < -0.39 is 0 Å². The SMILES string of the molecule is O=C1C(Br)CCN1CC1CCCC1O. The van der Waals surface area contributed by atoms with Crippen LogP contribution in [-0.2, 0) is 4.79 Å². The van der Waals surface area contributed by atoms with Gasteiger partial charge in [-0.1, -0.05) is 22.4 Å². The maximum absolute atomic E-state index is 11.6. The van der Waals surface area contributed by atoms with Crippen LogP contribution in [0.3, 0.4) is 0 Å². The van der Waals surface area contributed by atoms with Crippen molar-refractivity contribution < 1.29 is 9.90 Å². The number of hydrogen-bond donors (Lipinski definition) is 1. The summed E-state index contributed by atoms with van der Waals surface area (Å²) in [5.74, 6) is 0.515. The largest absolute Gasteiger partial charge is 0.393 e. The van der Waals surface area contributed by atoms with Crippen molar-refractivity contribution in [1.29, 1.82) is 0 Å². The third-order valence-corrected chi connectivity index (χ3v) is 4.16. The molecule has 1 heterocycles. The fraction of sp³-hybridized carbons (Fsp3) is 0.900. The van der Waals surface area contributed by atoms with Gasteiger partial charge in [0.2, 0.25) is 5.91 Å². The van der Waals surface area contributed by atoms with E-state index in [-0.39, 0.29) is 16.8 Å². The van der Waals surface area contributed by atoms with Gasteiger partial charge in [-0.05, 0) is 19.3 Å². The van der Waals surface area contributed by atoms with Gasteiger partial charge >= 0.3 is 0 Å². The first-order valence-electron chi connectivity index (χ1n) is 5.29. The zero-order valence-corrected chi connectivity index (χ0v) is 9.74. The van der Waals surface area contributed by atoms with E-state index in [1.165, 1.54) is 0 Å². The molecule has 0 radical (unpaired) electrons. The van der Waals surface area contributed by atoms with Crippen molar-refractivity contribution >= 4 is 21.8 Å². The molecule has 3 atom stereocenters. The summed E-state index contributed by atoms with van der Waals surface area (Å²) < 4.78 is 0. The van der Waals surface area contributed by atoms with Gasteiger partial charge in [-0.15, -0.1) is 0 Å². The predicted octanol–water partition coefficient (Wildman–Crippen LogP) is 1.14.